The van der Waals surface area contributed by atoms with Crippen molar-refractivity contribution in [2.75, 3.05) is 47.9 Å². The molecule has 6 aromatic rings. The zero-order valence-corrected chi connectivity index (χ0v) is 58.1. The van der Waals surface area contributed by atoms with Crippen LogP contribution in [0.25, 0.3) is 22.3 Å². The van der Waals surface area contributed by atoms with Gasteiger partial charge in [0.15, 0.2) is 0 Å². The van der Waals surface area contributed by atoms with Crippen molar-refractivity contribution in [3.63, 3.8) is 0 Å². The number of likely N-dealkylation sites (N-methyl/N-ethyl adjacent to an activating group) is 2. The maximum absolute atomic E-state index is 16.7. The summed E-state index contributed by atoms with van der Waals surface area (Å²) in [6.07, 6.45) is -15.6. The molecule has 2 unspecified atom stereocenters. The fourth-order valence-corrected chi connectivity index (χ4v) is 12.3. The number of hydrogen-bond donors (Lipinski definition) is 3. The van der Waals surface area contributed by atoms with Crippen molar-refractivity contribution in [2.24, 2.45) is 11.8 Å². The van der Waals surface area contributed by atoms with Crippen molar-refractivity contribution in [3.05, 3.63) is 183 Å². The Morgan fingerprint density at radius 3 is 1.19 bits per heavy atom. The van der Waals surface area contributed by atoms with Crippen LogP contribution in [0.5, 0.6) is 0 Å². The van der Waals surface area contributed by atoms with Crippen LogP contribution in [-0.2, 0) is 55.3 Å². The van der Waals surface area contributed by atoms with Crippen molar-refractivity contribution >= 4 is 23.8 Å². The number of benzene rings is 4. The molecule has 0 fully saturated rings. The summed E-state index contributed by atoms with van der Waals surface area (Å²) in [7, 11) is 6.61. The monoisotopic (exact) mass is 1410 g/mol. The molecule has 27 heteroatoms. The van der Waals surface area contributed by atoms with Crippen molar-refractivity contribution < 1.29 is 86.1 Å². The van der Waals surface area contributed by atoms with Crippen LogP contribution in [-0.4, -0.2) is 95.7 Å². The number of hydrogen-bond acceptors (Lipinski definition) is 9. The molecule has 0 radical (unpaired) electrons. The van der Waals surface area contributed by atoms with Crippen molar-refractivity contribution in [3.8, 4) is 22.3 Å². The van der Waals surface area contributed by atoms with Gasteiger partial charge in [-0.1, -0.05) is 63.1 Å². The molecule has 542 valence electrons. The number of esters is 1. The molecular weight excluding hydrogens is 1320 g/mol. The summed E-state index contributed by atoms with van der Waals surface area (Å²) in [5.74, 6) is -11.0. The lowest BCUT2D eigenvalue weighted by Crippen LogP contribution is -2.41. The SMILES string of the molecule is CCOC(=O)C[C@H](NC(=O)C(CC(C)C)n1cc(CCN(C)C)c(C(F)(F)F)cc1=O)c1c(F)c(-c2c(C)cc(C)cc2C)cc(C(F)(F)F)c1F.Cc1cc(C)c(-c2cc(C)c(F)c([C@H](CC(=O)O)NC(=O)C(CC(C)C)n3cc(CCN(C)C)c(C(F)(F)F)cc3=O)c2F)c(C)c1. The van der Waals surface area contributed by atoms with Gasteiger partial charge in [-0.05, 0) is 183 Å². The molecule has 2 heterocycles. The topological polar surface area (TPSA) is 172 Å². The number of carboxylic acids is 1. The number of pyridine rings is 2. The van der Waals surface area contributed by atoms with Gasteiger partial charge in [0.2, 0.25) is 11.8 Å². The number of aliphatic carboxylic acids is 1. The molecule has 2 aromatic heterocycles. The molecule has 0 aliphatic carbocycles. The smallest absolute Gasteiger partial charge is 0.419 e. The van der Waals surface area contributed by atoms with Crippen LogP contribution in [0.4, 0.5) is 57.1 Å². The van der Waals surface area contributed by atoms with Gasteiger partial charge in [0.05, 0.1) is 48.2 Å². The van der Waals surface area contributed by atoms with Gasteiger partial charge in [-0.3, -0.25) is 28.8 Å². The van der Waals surface area contributed by atoms with Gasteiger partial charge < -0.3 is 39.4 Å². The van der Waals surface area contributed by atoms with E-state index in [1.807, 2.05) is 19.1 Å². The second kappa shape index (κ2) is 33.2. The first-order valence-electron chi connectivity index (χ1n) is 31.9. The molecule has 0 aliphatic rings. The standard InChI is InChI=1S/C37H43F8N3O4.C35H42F5N3O4/c1-9-52-30(50)17-27(32-33(38)24(15-26(34(32)39)37(43,44)45)31-21(5)13-20(4)14-22(31)6)46-35(51)28(12-19(2)3)48-18-23(10-11-47(7)8)25(16-29(48)49)36(40,41)42;1-18(2)11-27(43-17-23(9-10-42(7)8)25(15-28(43)44)35(38,39)40)34(47)41-26(16-29(45)46)31-32(36)22(6)14-24(33(31)37)30-20(4)12-19(3)13-21(30)5/h13-16,18-19,27-28H,9-12,17H2,1-8H3,(H,46,51);12-15,17-18,26-27H,9-11,16H2,1-8H3,(H,41,47)(H,45,46)/t27-,28?;26-,27?/m00/s1. The summed E-state index contributed by atoms with van der Waals surface area (Å²) in [4.78, 5) is 82.4. The zero-order valence-electron chi connectivity index (χ0n) is 58.1. The zero-order chi connectivity index (χ0) is 75.0. The first-order valence-corrected chi connectivity index (χ1v) is 31.9. The second-order valence-corrected chi connectivity index (χ2v) is 26.4. The summed E-state index contributed by atoms with van der Waals surface area (Å²) in [6, 6.07) is 2.50. The Balaban J connectivity index is 0.000000359. The van der Waals surface area contributed by atoms with E-state index in [0.29, 0.717) is 46.0 Å². The Hall–Kier alpha value is -8.33. The molecule has 99 heavy (non-hydrogen) atoms. The number of carbonyl (C=O) groups is 4. The van der Waals surface area contributed by atoms with Crippen LogP contribution in [0.1, 0.15) is 162 Å². The molecule has 0 spiro atoms. The minimum absolute atomic E-state index is 0.0173. The first kappa shape index (κ1) is 81.3. The van der Waals surface area contributed by atoms with Gasteiger partial charge in [0.1, 0.15) is 35.4 Å². The van der Waals surface area contributed by atoms with Crippen LogP contribution in [0.2, 0.25) is 0 Å². The molecule has 0 saturated heterocycles. The number of alkyl halides is 9. The Morgan fingerprint density at radius 1 is 0.505 bits per heavy atom. The number of carboxylic acid groups (broad SMARTS) is 1. The van der Waals surface area contributed by atoms with Gasteiger partial charge in [-0.15, -0.1) is 0 Å². The number of ether oxygens (including phenoxy) is 1. The summed E-state index contributed by atoms with van der Waals surface area (Å²) in [6.45, 7) is 19.9. The fourth-order valence-electron chi connectivity index (χ4n) is 12.3. The highest BCUT2D eigenvalue weighted by Crippen LogP contribution is 2.44. The van der Waals surface area contributed by atoms with Crippen molar-refractivity contribution in [1.82, 2.24) is 29.6 Å². The lowest BCUT2D eigenvalue weighted by molar-refractivity contribution is -0.144. The molecule has 3 N–H and O–H groups in total. The lowest BCUT2D eigenvalue weighted by Gasteiger charge is -2.28. The number of rotatable bonds is 25. The minimum Gasteiger partial charge on any atom is -0.481 e. The van der Waals surface area contributed by atoms with Crippen molar-refractivity contribution in [1.29, 1.82) is 0 Å². The number of nitrogens with one attached hydrogen (secondary N) is 2. The summed E-state index contributed by atoms with van der Waals surface area (Å²) >= 11 is 0. The van der Waals surface area contributed by atoms with E-state index in [1.54, 1.807) is 98.6 Å². The Morgan fingerprint density at radius 2 is 0.859 bits per heavy atom. The van der Waals surface area contributed by atoms with E-state index in [9.17, 15) is 73.4 Å². The normalized spacial score (nSPS) is 13.3. The quantitative estimate of drug-likeness (QED) is 0.0370. The highest BCUT2D eigenvalue weighted by atomic mass is 19.4. The first-order chi connectivity index (χ1) is 45.7. The summed E-state index contributed by atoms with van der Waals surface area (Å²) < 4.78 is 198. The van der Waals surface area contributed by atoms with Gasteiger partial charge in [-0.2, -0.15) is 39.5 Å². The third-order valence-corrected chi connectivity index (χ3v) is 16.5. The minimum atomic E-state index is -5.34. The van der Waals surface area contributed by atoms with Gasteiger partial charge in [0.25, 0.3) is 11.1 Å². The third kappa shape index (κ3) is 20.7. The Bertz CT molecular complexity index is 4030. The highest BCUT2D eigenvalue weighted by molar-refractivity contribution is 5.84. The predicted molar refractivity (Wildman–Crippen MR) is 350 cm³/mol. The highest BCUT2D eigenvalue weighted by Gasteiger charge is 2.42. The van der Waals surface area contributed by atoms with E-state index in [0.717, 1.165) is 32.7 Å². The summed E-state index contributed by atoms with van der Waals surface area (Å²) in [5.41, 5.74) is -5.19. The van der Waals surface area contributed by atoms with Crippen molar-refractivity contribution in [2.45, 2.75) is 164 Å². The van der Waals surface area contributed by atoms with Crippen LogP contribution in [0.3, 0.4) is 0 Å². The van der Waals surface area contributed by atoms with Gasteiger partial charge >= 0.3 is 30.5 Å². The third-order valence-electron chi connectivity index (χ3n) is 16.5. The molecule has 2 amide bonds. The Kier molecular flexibility index (Phi) is 27.3. The van der Waals surface area contributed by atoms with Crippen LogP contribution in [0.15, 0.2) is 70.5 Å². The molecule has 4 atom stereocenters. The number of carbonyl (C=O) groups excluding carboxylic acids is 3. The number of halogens is 13. The van der Waals surface area contributed by atoms with E-state index in [-0.39, 0.29) is 85.0 Å². The largest absolute Gasteiger partial charge is 0.481 e. The van der Waals surface area contributed by atoms with Crippen LogP contribution < -0.4 is 21.8 Å². The molecule has 4 aromatic carbocycles. The number of aryl methyl sites for hydroxylation is 7. The van der Waals surface area contributed by atoms with E-state index < -0.39 is 147 Å². The fraction of sp³-hybridized carbons (Fsp3) is 0.472. The number of aromatic nitrogens is 2. The number of amides is 2. The van der Waals surface area contributed by atoms with Gasteiger partial charge in [0, 0.05) is 59.9 Å². The predicted octanol–water partition coefficient (Wildman–Crippen LogP) is 15.3. The maximum Gasteiger partial charge on any atom is 0.419 e. The van der Waals surface area contributed by atoms with Gasteiger partial charge in [-0.25, -0.2) is 17.6 Å². The van der Waals surface area contributed by atoms with E-state index in [2.05, 4.69) is 10.6 Å². The molecule has 14 nitrogen and oxygen atoms in total. The van der Waals surface area contributed by atoms with E-state index in [1.165, 1.54) is 33.8 Å². The number of nitrogens with zero attached hydrogens (tertiary/aromatic N) is 4. The van der Waals surface area contributed by atoms with E-state index in [4.69, 9.17) is 4.74 Å². The average Bonchev–Trinajstić information content (AvgIpc) is 0.765. The van der Waals surface area contributed by atoms with Crippen LogP contribution in [0, 0.1) is 83.6 Å². The summed E-state index contributed by atoms with van der Waals surface area (Å²) in [5, 5.41) is 14.5. The maximum atomic E-state index is 16.7. The molecule has 0 aliphatic heterocycles. The van der Waals surface area contributed by atoms with Crippen LogP contribution >= 0.6 is 0 Å². The molecule has 6 rings (SSSR count). The molecule has 0 saturated carbocycles. The van der Waals surface area contributed by atoms with E-state index >= 15 is 17.6 Å². The molecule has 0 bridgehead atoms. The lowest BCUT2D eigenvalue weighted by atomic mass is 9.88. The Labute approximate surface area is 566 Å². The molecular formula is C72H85F13N6O8. The second-order valence-electron chi connectivity index (χ2n) is 26.4. The average molecular weight is 1410 g/mol.